The van der Waals surface area contributed by atoms with Crippen LogP contribution in [0.1, 0.15) is 30.7 Å². The average Bonchev–Trinajstić information content (AvgIpc) is 2.69. The minimum absolute atomic E-state index is 0.327. The van der Waals surface area contributed by atoms with Crippen molar-refractivity contribution in [3.05, 3.63) is 60.0 Å². The Hall–Kier alpha value is -3.09. The van der Waals surface area contributed by atoms with Crippen LogP contribution < -0.4 is 22.1 Å². The van der Waals surface area contributed by atoms with Crippen LogP contribution >= 0.6 is 0 Å². The van der Waals surface area contributed by atoms with E-state index in [0.717, 1.165) is 42.9 Å². The number of dihydropyridines is 1. The number of aryl methyl sites for hydroxylation is 2. The van der Waals surface area contributed by atoms with Crippen LogP contribution in [0.5, 0.6) is 0 Å². The number of anilines is 1. The van der Waals surface area contributed by atoms with Crippen molar-refractivity contribution in [1.29, 1.82) is 0 Å². The molecule has 3 atom stereocenters. The van der Waals surface area contributed by atoms with Gasteiger partial charge in [-0.3, -0.25) is 9.98 Å². The van der Waals surface area contributed by atoms with Gasteiger partial charge in [0.15, 0.2) is 0 Å². The molecule has 0 spiro atoms. The van der Waals surface area contributed by atoms with Crippen LogP contribution in [-0.2, 0) is 0 Å². The van der Waals surface area contributed by atoms with Gasteiger partial charge in [0.05, 0.1) is 17.9 Å². The quantitative estimate of drug-likeness (QED) is 0.420. The molecule has 0 amide bonds. The molecule has 1 aliphatic heterocycles. The minimum atomic E-state index is 0.327. The number of nitrogens with one attached hydrogen (secondary N) is 2. The van der Waals surface area contributed by atoms with Crippen molar-refractivity contribution in [1.82, 2.24) is 10.3 Å². The van der Waals surface area contributed by atoms with E-state index in [0.29, 0.717) is 35.2 Å². The summed E-state index contributed by atoms with van der Waals surface area (Å²) >= 11 is 0. The van der Waals surface area contributed by atoms with Gasteiger partial charge in [-0.25, -0.2) is 4.99 Å². The number of aliphatic imine (C=N–C) groups is 2. The van der Waals surface area contributed by atoms with Crippen LogP contribution in [0.25, 0.3) is 0 Å². The average molecular weight is 394 g/mol. The molecule has 1 saturated carbocycles. The molecule has 0 saturated heterocycles. The summed E-state index contributed by atoms with van der Waals surface area (Å²) in [5.74, 6) is 1.86. The molecule has 1 aliphatic carbocycles. The molecule has 0 aromatic carbocycles. The Morgan fingerprint density at radius 3 is 2.79 bits per heavy atom. The lowest BCUT2D eigenvalue weighted by atomic mass is 9.77. The molecule has 6 N–H and O–H groups in total. The molecule has 7 nitrogen and oxygen atoms in total. The van der Waals surface area contributed by atoms with Gasteiger partial charge in [-0.2, -0.15) is 0 Å². The highest BCUT2D eigenvalue weighted by atomic mass is 15.0. The first-order chi connectivity index (χ1) is 13.9. The second kappa shape index (κ2) is 9.41. The highest BCUT2D eigenvalue weighted by Crippen LogP contribution is 2.33. The van der Waals surface area contributed by atoms with Crippen molar-refractivity contribution in [2.24, 2.45) is 33.3 Å². The Morgan fingerprint density at radius 2 is 2.03 bits per heavy atom. The molecule has 1 aromatic rings. The second-order valence-electron chi connectivity index (χ2n) is 7.82. The van der Waals surface area contributed by atoms with Crippen LogP contribution in [0.2, 0.25) is 0 Å². The van der Waals surface area contributed by atoms with E-state index in [1.807, 2.05) is 32.2 Å². The summed E-state index contributed by atoms with van der Waals surface area (Å²) in [4.78, 5) is 13.1. The topological polar surface area (TPSA) is 114 Å². The highest BCUT2D eigenvalue weighted by Gasteiger charge is 2.29. The monoisotopic (exact) mass is 393 g/mol. The molecule has 2 aliphatic rings. The normalized spacial score (nSPS) is 24.1. The number of aromatic nitrogens is 1. The zero-order valence-electron chi connectivity index (χ0n) is 17.2. The van der Waals surface area contributed by atoms with E-state index >= 15 is 0 Å². The van der Waals surface area contributed by atoms with E-state index in [2.05, 4.69) is 44.3 Å². The van der Waals surface area contributed by atoms with Crippen LogP contribution in [-0.4, -0.2) is 29.6 Å². The summed E-state index contributed by atoms with van der Waals surface area (Å²) in [5, 5.41) is 6.42. The standard InChI is InChI=1S/C22H31N7/c1-14-9-19(10-15(2)28-14)29-21(23)13-27-22(24)16(3)26-12-17-6-7-20-18(11-17)5-4-8-25-20/h4-5,8-10,13,17-18,20,26H,3,6-7,11-12,23H2,1-2H3,(H2,24,27)(H,28,29)/b21-13+/t17-,18-,20?/m0/s1. The highest BCUT2D eigenvalue weighted by molar-refractivity contribution is 5.96. The number of nitrogens with zero attached hydrogens (tertiary/aromatic N) is 3. The zero-order valence-corrected chi connectivity index (χ0v) is 17.2. The van der Waals surface area contributed by atoms with E-state index in [1.54, 1.807) is 0 Å². The summed E-state index contributed by atoms with van der Waals surface area (Å²) in [7, 11) is 0. The van der Waals surface area contributed by atoms with Gasteiger partial charge in [0.1, 0.15) is 11.7 Å². The maximum atomic E-state index is 6.05. The fourth-order valence-corrected chi connectivity index (χ4v) is 3.89. The lowest BCUT2D eigenvalue weighted by molar-refractivity contribution is 0.268. The van der Waals surface area contributed by atoms with E-state index in [9.17, 15) is 0 Å². The molecule has 154 valence electrons. The Kier molecular flexibility index (Phi) is 6.69. The van der Waals surface area contributed by atoms with E-state index in [4.69, 9.17) is 11.5 Å². The summed E-state index contributed by atoms with van der Waals surface area (Å²) in [6.45, 7) is 8.72. The summed E-state index contributed by atoms with van der Waals surface area (Å²) in [6, 6.07) is 4.30. The van der Waals surface area contributed by atoms with Gasteiger partial charge in [0.2, 0.25) is 0 Å². The van der Waals surface area contributed by atoms with Gasteiger partial charge < -0.3 is 22.1 Å². The van der Waals surface area contributed by atoms with Crippen molar-refractivity contribution in [2.75, 3.05) is 11.9 Å². The predicted molar refractivity (Wildman–Crippen MR) is 121 cm³/mol. The first-order valence-corrected chi connectivity index (χ1v) is 10.0. The third-order valence-electron chi connectivity index (χ3n) is 5.32. The molecule has 7 heteroatoms. The molecule has 1 fully saturated rings. The van der Waals surface area contributed by atoms with Gasteiger partial charge in [-0.1, -0.05) is 12.7 Å². The fourth-order valence-electron chi connectivity index (χ4n) is 3.89. The largest absolute Gasteiger partial charge is 0.384 e. The smallest absolute Gasteiger partial charge is 0.146 e. The number of hydrogen-bond acceptors (Lipinski definition) is 6. The third kappa shape index (κ3) is 5.94. The van der Waals surface area contributed by atoms with Gasteiger partial charge in [-0.15, -0.1) is 0 Å². The molecule has 3 rings (SSSR count). The van der Waals surface area contributed by atoms with E-state index < -0.39 is 0 Å². The number of nitrogens with two attached hydrogens (primary N) is 2. The third-order valence-corrected chi connectivity index (χ3v) is 5.32. The van der Waals surface area contributed by atoms with Crippen molar-refractivity contribution < 1.29 is 0 Å². The van der Waals surface area contributed by atoms with Crippen molar-refractivity contribution in [2.45, 2.75) is 39.2 Å². The maximum Gasteiger partial charge on any atom is 0.146 e. The number of fused-ring (bicyclic) bond motifs is 1. The van der Waals surface area contributed by atoms with E-state index in [-0.39, 0.29) is 0 Å². The SMILES string of the molecule is C=C(NC[C@H]1CCC2N=CC=C[C@H]2C1)C(N)=N/C=C(\N)Nc1cc(C)nc(C)c1. The first kappa shape index (κ1) is 20.6. The van der Waals surface area contributed by atoms with Crippen molar-refractivity contribution in [3.8, 4) is 0 Å². The number of hydrogen-bond donors (Lipinski definition) is 4. The molecule has 0 radical (unpaired) electrons. The minimum Gasteiger partial charge on any atom is -0.384 e. The molecule has 1 aromatic heterocycles. The Morgan fingerprint density at radius 1 is 1.28 bits per heavy atom. The summed E-state index contributed by atoms with van der Waals surface area (Å²) < 4.78 is 0. The van der Waals surface area contributed by atoms with Crippen LogP contribution in [0.15, 0.2) is 58.6 Å². The lowest BCUT2D eigenvalue weighted by Crippen LogP contribution is -2.35. The fraction of sp³-hybridized carbons (Fsp3) is 0.409. The van der Waals surface area contributed by atoms with Gasteiger partial charge in [0.25, 0.3) is 0 Å². The van der Waals surface area contributed by atoms with Gasteiger partial charge in [0, 0.05) is 29.8 Å². The first-order valence-electron chi connectivity index (χ1n) is 10.0. The van der Waals surface area contributed by atoms with Crippen molar-refractivity contribution in [3.63, 3.8) is 0 Å². The van der Waals surface area contributed by atoms with Crippen molar-refractivity contribution >= 4 is 17.7 Å². The summed E-state index contributed by atoms with van der Waals surface area (Å²) in [6.07, 6.45) is 11.2. The van der Waals surface area contributed by atoms with E-state index in [1.165, 1.54) is 6.20 Å². The number of amidine groups is 1. The van der Waals surface area contributed by atoms with Crippen LogP contribution in [0, 0.1) is 25.7 Å². The number of allylic oxidation sites excluding steroid dienone is 1. The predicted octanol–water partition coefficient (Wildman–Crippen LogP) is 2.75. The number of rotatable bonds is 7. The van der Waals surface area contributed by atoms with Gasteiger partial charge in [-0.05, 0) is 63.2 Å². The molecule has 29 heavy (non-hydrogen) atoms. The molecule has 0 bridgehead atoms. The Bertz CT molecular complexity index is 846. The van der Waals surface area contributed by atoms with Crippen LogP contribution in [0.4, 0.5) is 5.69 Å². The lowest BCUT2D eigenvalue weighted by Gasteiger charge is -2.34. The molecular formula is C22H31N7. The molecule has 2 heterocycles. The Balaban J connectivity index is 1.48. The second-order valence-corrected chi connectivity index (χ2v) is 7.82. The zero-order chi connectivity index (χ0) is 20.8. The van der Waals surface area contributed by atoms with Gasteiger partial charge >= 0.3 is 0 Å². The number of pyridine rings is 1. The van der Waals surface area contributed by atoms with Crippen LogP contribution in [0.3, 0.4) is 0 Å². The molecule has 1 unspecified atom stereocenters. The summed E-state index contributed by atoms with van der Waals surface area (Å²) in [5.41, 5.74) is 15.4. The maximum absolute atomic E-state index is 6.05. The molecular weight excluding hydrogens is 362 g/mol. The Labute approximate surface area is 172 Å².